The molecule has 0 heterocycles. The number of anilines is 1. The van der Waals surface area contributed by atoms with Crippen molar-refractivity contribution in [1.29, 1.82) is 0 Å². The minimum Gasteiger partial charge on any atom is -0.396 e. The van der Waals surface area contributed by atoms with Gasteiger partial charge in [-0.1, -0.05) is 27.7 Å². The molecule has 3 heteroatoms. The molecule has 19 heavy (non-hydrogen) atoms. The number of aliphatic hydroxyl groups excluding tert-OH is 1. The lowest BCUT2D eigenvalue weighted by Gasteiger charge is -2.32. The van der Waals surface area contributed by atoms with Gasteiger partial charge in [0.1, 0.15) is 0 Å². The molecule has 0 radical (unpaired) electrons. The molecule has 0 aliphatic carbocycles. The molecule has 1 aromatic rings. The first-order valence-corrected chi connectivity index (χ1v) is 6.89. The summed E-state index contributed by atoms with van der Waals surface area (Å²) in [6, 6.07) is 7.77. The number of hydrogen-bond donors (Lipinski definition) is 2. The summed E-state index contributed by atoms with van der Waals surface area (Å²) in [4.78, 5) is 11.6. The van der Waals surface area contributed by atoms with Gasteiger partial charge in [0.05, 0.1) is 0 Å². The van der Waals surface area contributed by atoms with E-state index in [1.807, 2.05) is 31.2 Å². The zero-order valence-electron chi connectivity index (χ0n) is 12.4. The van der Waals surface area contributed by atoms with Crippen molar-refractivity contribution in [2.24, 2.45) is 5.41 Å². The summed E-state index contributed by atoms with van der Waals surface area (Å²) >= 11 is 0. The maximum absolute atomic E-state index is 11.6. The Bertz CT molecular complexity index is 404. The third kappa shape index (κ3) is 4.67. The Hall–Kier alpha value is -1.35. The van der Waals surface area contributed by atoms with Crippen LogP contribution in [0.3, 0.4) is 0 Å². The monoisotopic (exact) mass is 263 g/mol. The second-order valence-corrected chi connectivity index (χ2v) is 5.93. The summed E-state index contributed by atoms with van der Waals surface area (Å²) < 4.78 is 0. The molecule has 0 aliphatic heterocycles. The molecule has 2 N–H and O–H groups in total. The highest BCUT2D eigenvalue weighted by atomic mass is 16.3. The lowest BCUT2D eigenvalue weighted by Crippen LogP contribution is -2.34. The van der Waals surface area contributed by atoms with E-state index in [1.165, 1.54) is 0 Å². The van der Waals surface area contributed by atoms with Crippen LogP contribution in [0.5, 0.6) is 0 Å². The van der Waals surface area contributed by atoms with Crippen LogP contribution in [-0.2, 0) is 0 Å². The van der Waals surface area contributed by atoms with Gasteiger partial charge in [0, 0.05) is 30.3 Å². The number of nitrogens with one attached hydrogen (secondary N) is 1. The molecule has 0 saturated carbocycles. The van der Waals surface area contributed by atoms with E-state index in [0.29, 0.717) is 12.8 Å². The number of hydrogen-bond acceptors (Lipinski definition) is 3. The van der Waals surface area contributed by atoms with Crippen LogP contribution < -0.4 is 5.32 Å². The van der Waals surface area contributed by atoms with E-state index in [0.717, 1.165) is 11.3 Å². The summed E-state index contributed by atoms with van der Waals surface area (Å²) in [5.74, 6) is 0.161. The van der Waals surface area contributed by atoms with Crippen molar-refractivity contribution in [1.82, 2.24) is 0 Å². The second kappa shape index (κ2) is 6.71. The van der Waals surface area contributed by atoms with Crippen LogP contribution in [0.15, 0.2) is 24.3 Å². The van der Waals surface area contributed by atoms with E-state index in [1.54, 1.807) is 0 Å². The third-order valence-electron chi connectivity index (χ3n) is 3.33. The van der Waals surface area contributed by atoms with Gasteiger partial charge in [0.15, 0.2) is 5.78 Å². The average molecular weight is 263 g/mol. The third-order valence-corrected chi connectivity index (χ3v) is 3.33. The molecule has 1 unspecified atom stereocenters. The largest absolute Gasteiger partial charge is 0.396 e. The first kappa shape index (κ1) is 15.7. The molecule has 1 aromatic carbocycles. The van der Waals surface area contributed by atoms with Gasteiger partial charge in [-0.25, -0.2) is 0 Å². The first-order chi connectivity index (χ1) is 8.88. The molecular weight excluding hydrogens is 238 g/mol. The number of ketones is 1. The van der Waals surface area contributed by atoms with Crippen molar-refractivity contribution in [3.05, 3.63) is 29.8 Å². The topological polar surface area (TPSA) is 49.3 Å². The molecule has 0 aromatic heterocycles. The van der Waals surface area contributed by atoms with Crippen molar-refractivity contribution < 1.29 is 9.90 Å². The number of benzene rings is 1. The van der Waals surface area contributed by atoms with Gasteiger partial charge in [-0.15, -0.1) is 0 Å². The van der Waals surface area contributed by atoms with E-state index in [9.17, 15) is 4.79 Å². The lowest BCUT2D eigenvalue weighted by molar-refractivity contribution is 0.0988. The predicted octanol–water partition coefficient (Wildman–Crippen LogP) is 3.49. The lowest BCUT2D eigenvalue weighted by atomic mass is 9.84. The molecule has 1 atom stereocenters. The smallest absolute Gasteiger partial charge is 0.162 e. The molecule has 0 amide bonds. The van der Waals surface area contributed by atoms with Crippen molar-refractivity contribution in [3.63, 3.8) is 0 Å². The van der Waals surface area contributed by atoms with Crippen LogP contribution in [-0.4, -0.2) is 23.5 Å². The molecular formula is C16H25NO2. The summed E-state index contributed by atoms with van der Waals surface area (Å²) in [6.45, 7) is 8.48. The van der Waals surface area contributed by atoms with Crippen molar-refractivity contribution >= 4 is 11.5 Å². The summed E-state index contributed by atoms with van der Waals surface area (Å²) in [5.41, 5.74) is 1.81. The van der Waals surface area contributed by atoms with Crippen LogP contribution in [0.25, 0.3) is 0 Å². The zero-order chi connectivity index (χ0) is 14.5. The van der Waals surface area contributed by atoms with Crippen LogP contribution in [0.1, 0.15) is 50.9 Å². The molecule has 0 fully saturated rings. The van der Waals surface area contributed by atoms with E-state index in [-0.39, 0.29) is 23.8 Å². The Morgan fingerprint density at radius 3 is 2.26 bits per heavy atom. The molecule has 1 rings (SSSR count). The predicted molar refractivity (Wildman–Crippen MR) is 79.6 cm³/mol. The van der Waals surface area contributed by atoms with E-state index < -0.39 is 0 Å². The van der Waals surface area contributed by atoms with Crippen LogP contribution in [0.2, 0.25) is 0 Å². The molecule has 3 nitrogen and oxygen atoms in total. The Balaban J connectivity index is 2.78. The Kier molecular flexibility index (Phi) is 5.55. The van der Waals surface area contributed by atoms with E-state index >= 15 is 0 Å². The van der Waals surface area contributed by atoms with E-state index in [4.69, 9.17) is 5.11 Å². The van der Waals surface area contributed by atoms with Gasteiger partial charge in [0.25, 0.3) is 0 Å². The summed E-state index contributed by atoms with van der Waals surface area (Å²) in [7, 11) is 0. The second-order valence-electron chi connectivity index (χ2n) is 5.93. The number of carbonyl (C=O) groups excluding carboxylic acids is 1. The van der Waals surface area contributed by atoms with Gasteiger partial charge < -0.3 is 10.4 Å². The summed E-state index contributed by atoms with van der Waals surface area (Å²) in [5, 5.41) is 12.6. The normalized spacial score (nSPS) is 13.1. The number of aliphatic hydroxyl groups is 1. The highest BCUT2D eigenvalue weighted by molar-refractivity contribution is 5.96. The number of carbonyl (C=O) groups is 1. The van der Waals surface area contributed by atoms with Gasteiger partial charge in [-0.05, 0) is 36.1 Å². The number of Topliss-reactive ketones (excluding diaryl/α,β-unsaturated/α-hetero) is 1. The molecule has 0 bridgehead atoms. The molecule has 106 valence electrons. The Morgan fingerprint density at radius 2 is 1.84 bits per heavy atom. The minimum absolute atomic E-state index is 0.0701. The van der Waals surface area contributed by atoms with Crippen LogP contribution in [0.4, 0.5) is 5.69 Å². The van der Waals surface area contributed by atoms with Gasteiger partial charge in [0.2, 0.25) is 0 Å². The highest BCUT2D eigenvalue weighted by Gasteiger charge is 2.23. The highest BCUT2D eigenvalue weighted by Crippen LogP contribution is 2.25. The van der Waals surface area contributed by atoms with Crippen molar-refractivity contribution in [2.45, 2.75) is 46.6 Å². The fourth-order valence-electron chi connectivity index (χ4n) is 2.01. The SMILES string of the molecule is CCC(=O)c1ccc(NC(CCO)C(C)(C)C)cc1. The Morgan fingerprint density at radius 1 is 1.26 bits per heavy atom. The maximum atomic E-state index is 11.6. The summed E-state index contributed by atoms with van der Waals surface area (Å²) in [6.07, 6.45) is 1.24. The minimum atomic E-state index is 0.0701. The Labute approximate surface area is 116 Å². The molecule has 0 saturated heterocycles. The van der Waals surface area contributed by atoms with Crippen molar-refractivity contribution in [3.8, 4) is 0 Å². The molecule has 0 spiro atoms. The average Bonchev–Trinajstić information content (AvgIpc) is 2.37. The van der Waals surface area contributed by atoms with Crippen molar-refractivity contribution in [2.75, 3.05) is 11.9 Å². The first-order valence-electron chi connectivity index (χ1n) is 6.89. The fraction of sp³-hybridized carbons (Fsp3) is 0.562. The van der Waals surface area contributed by atoms with Crippen LogP contribution >= 0.6 is 0 Å². The number of rotatable bonds is 6. The van der Waals surface area contributed by atoms with Gasteiger partial charge in [-0.2, -0.15) is 0 Å². The van der Waals surface area contributed by atoms with Gasteiger partial charge in [-0.3, -0.25) is 4.79 Å². The standard InChI is InChI=1S/C16H25NO2/c1-5-14(19)12-6-8-13(9-7-12)17-15(10-11-18)16(2,3)4/h6-9,15,17-18H,5,10-11H2,1-4H3. The zero-order valence-corrected chi connectivity index (χ0v) is 12.4. The molecule has 0 aliphatic rings. The van der Waals surface area contributed by atoms with E-state index in [2.05, 4.69) is 26.1 Å². The van der Waals surface area contributed by atoms with Crippen LogP contribution in [0, 0.1) is 5.41 Å². The quantitative estimate of drug-likeness (QED) is 0.772. The maximum Gasteiger partial charge on any atom is 0.162 e. The fourth-order valence-corrected chi connectivity index (χ4v) is 2.01. The van der Waals surface area contributed by atoms with Gasteiger partial charge >= 0.3 is 0 Å².